The summed E-state index contributed by atoms with van der Waals surface area (Å²) in [6.45, 7) is 7.63. The number of aliphatic carboxylic acids is 1. The zero-order valence-corrected chi connectivity index (χ0v) is 13.4. The first-order valence-corrected chi connectivity index (χ1v) is 7.90. The number of likely N-dealkylation sites (tertiary alicyclic amines) is 1. The van der Waals surface area contributed by atoms with Crippen molar-refractivity contribution in [1.82, 2.24) is 4.90 Å². The molecule has 3 rings (SSSR count). The number of hydrogen-bond donors (Lipinski definition) is 1. The van der Waals surface area contributed by atoms with E-state index in [1.54, 1.807) is 0 Å². The standard InChI is InChI=1S/C18H23NO3/c1-11-6-15-8-16(22-17(15)7-12(11)2)10-19-9-14(18(20)21)5-4-13(19)3/h6-8,13-14H,4-5,9-10H2,1-3H3,(H,20,21). The minimum absolute atomic E-state index is 0.259. The molecule has 22 heavy (non-hydrogen) atoms. The fourth-order valence-electron chi connectivity index (χ4n) is 3.24. The Morgan fingerprint density at radius 3 is 2.73 bits per heavy atom. The predicted octanol–water partition coefficient (Wildman–Crippen LogP) is 3.73. The maximum absolute atomic E-state index is 11.2. The van der Waals surface area contributed by atoms with Gasteiger partial charge in [0.05, 0.1) is 12.5 Å². The number of hydrogen-bond acceptors (Lipinski definition) is 3. The molecule has 0 spiro atoms. The summed E-state index contributed by atoms with van der Waals surface area (Å²) in [5.74, 6) is -0.0317. The number of benzene rings is 1. The van der Waals surface area contributed by atoms with Crippen LogP contribution in [0.2, 0.25) is 0 Å². The van der Waals surface area contributed by atoms with Crippen LogP contribution in [0.15, 0.2) is 22.6 Å². The van der Waals surface area contributed by atoms with Crippen LogP contribution in [0.3, 0.4) is 0 Å². The number of carbonyl (C=O) groups is 1. The molecule has 1 saturated heterocycles. The van der Waals surface area contributed by atoms with Gasteiger partial charge in [-0.1, -0.05) is 0 Å². The van der Waals surface area contributed by atoms with Crippen molar-refractivity contribution >= 4 is 16.9 Å². The largest absolute Gasteiger partial charge is 0.481 e. The van der Waals surface area contributed by atoms with Crippen molar-refractivity contribution < 1.29 is 14.3 Å². The number of piperidine rings is 1. The molecule has 1 fully saturated rings. The third kappa shape index (κ3) is 2.88. The Morgan fingerprint density at radius 1 is 1.27 bits per heavy atom. The van der Waals surface area contributed by atoms with Crippen molar-refractivity contribution in [3.8, 4) is 0 Å². The molecule has 1 aliphatic heterocycles. The number of carboxylic acids is 1. The van der Waals surface area contributed by atoms with E-state index in [2.05, 4.69) is 43.9 Å². The molecule has 1 aromatic heterocycles. The van der Waals surface area contributed by atoms with Gasteiger partial charge < -0.3 is 9.52 Å². The van der Waals surface area contributed by atoms with Gasteiger partial charge in [-0.25, -0.2) is 0 Å². The highest BCUT2D eigenvalue weighted by Gasteiger charge is 2.30. The summed E-state index contributed by atoms with van der Waals surface area (Å²) in [5, 5.41) is 10.4. The van der Waals surface area contributed by atoms with Gasteiger partial charge in [0.2, 0.25) is 0 Å². The Morgan fingerprint density at radius 2 is 2.00 bits per heavy atom. The lowest BCUT2D eigenvalue weighted by Crippen LogP contribution is -2.43. The van der Waals surface area contributed by atoms with E-state index in [-0.39, 0.29) is 5.92 Å². The molecule has 4 nitrogen and oxygen atoms in total. The van der Waals surface area contributed by atoms with Crippen LogP contribution in [-0.2, 0) is 11.3 Å². The maximum Gasteiger partial charge on any atom is 0.307 e. The molecular weight excluding hydrogens is 278 g/mol. The van der Waals surface area contributed by atoms with Crippen LogP contribution in [0, 0.1) is 19.8 Å². The number of rotatable bonds is 3. The van der Waals surface area contributed by atoms with Crippen LogP contribution in [0.4, 0.5) is 0 Å². The molecule has 0 saturated carbocycles. The quantitative estimate of drug-likeness (QED) is 0.938. The van der Waals surface area contributed by atoms with Gasteiger partial charge >= 0.3 is 5.97 Å². The minimum Gasteiger partial charge on any atom is -0.481 e. The average Bonchev–Trinajstić information content (AvgIpc) is 2.83. The van der Waals surface area contributed by atoms with Crippen molar-refractivity contribution in [1.29, 1.82) is 0 Å². The zero-order valence-electron chi connectivity index (χ0n) is 13.4. The Bertz CT molecular complexity index is 665. The van der Waals surface area contributed by atoms with Gasteiger partial charge in [0.15, 0.2) is 0 Å². The summed E-state index contributed by atoms with van der Waals surface area (Å²) in [4.78, 5) is 13.4. The number of fused-ring (bicyclic) bond motifs is 1. The summed E-state index contributed by atoms with van der Waals surface area (Å²) >= 11 is 0. The van der Waals surface area contributed by atoms with E-state index in [1.807, 2.05) is 0 Å². The van der Waals surface area contributed by atoms with Crippen LogP contribution in [0.25, 0.3) is 11.0 Å². The molecule has 0 amide bonds. The van der Waals surface area contributed by atoms with E-state index in [1.165, 1.54) is 11.1 Å². The van der Waals surface area contributed by atoms with Crippen molar-refractivity contribution in [2.45, 2.75) is 46.2 Å². The van der Waals surface area contributed by atoms with E-state index < -0.39 is 5.97 Å². The molecule has 2 heterocycles. The Hall–Kier alpha value is -1.81. The lowest BCUT2D eigenvalue weighted by atomic mass is 9.93. The maximum atomic E-state index is 11.2. The van der Waals surface area contributed by atoms with Crippen LogP contribution < -0.4 is 0 Å². The highest BCUT2D eigenvalue weighted by atomic mass is 16.4. The van der Waals surface area contributed by atoms with Crippen LogP contribution in [0.5, 0.6) is 0 Å². The van der Waals surface area contributed by atoms with Crippen molar-refractivity contribution in [3.63, 3.8) is 0 Å². The lowest BCUT2D eigenvalue weighted by molar-refractivity contribution is -0.144. The van der Waals surface area contributed by atoms with Gasteiger partial charge in [0, 0.05) is 18.0 Å². The Kier molecular flexibility index (Phi) is 3.96. The first-order valence-electron chi connectivity index (χ1n) is 7.90. The second-order valence-corrected chi connectivity index (χ2v) is 6.58. The van der Waals surface area contributed by atoms with E-state index in [0.717, 1.165) is 29.6 Å². The van der Waals surface area contributed by atoms with Gasteiger partial charge in [-0.2, -0.15) is 0 Å². The van der Waals surface area contributed by atoms with Crippen LogP contribution in [0.1, 0.15) is 36.7 Å². The van der Waals surface area contributed by atoms with E-state index >= 15 is 0 Å². The zero-order chi connectivity index (χ0) is 15.9. The first kappa shape index (κ1) is 15.1. The number of furan rings is 1. The lowest BCUT2D eigenvalue weighted by Gasteiger charge is -2.35. The molecular formula is C18H23NO3. The predicted molar refractivity (Wildman–Crippen MR) is 85.9 cm³/mol. The SMILES string of the molecule is Cc1cc2cc(CN3CC(C(=O)O)CCC3C)oc2cc1C. The summed E-state index contributed by atoms with van der Waals surface area (Å²) in [7, 11) is 0. The number of aryl methyl sites for hydroxylation is 2. The molecule has 2 unspecified atom stereocenters. The van der Waals surface area contributed by atoms with Crippen LogP contribution >= 0.6 is 0 Å². The van der Waals surface area contributed by atoms with E-state index in [0.29, 0.717) is 19.1 Å². The fraction of sp³-hybridized carbons (Fsp3) is 0.500. The smallest absolute Gasteiger partial charge is 0.307 e. The Balaban J connectivity index is 1.81. The summed E-state index contributed by atoms with van der Waals surface area (Å²) in [5.41, 5.74) is 3.40. The molecule has 4 heteroatoms. The van der Waals surface area contributed by atoms with E-state index in [9.17, 15) is 9.90 Å². The van der Waals surface area contributed by atoms with Gasteiger partial charge in [-0.3, -0.25) is 9.69 Å². The Labute approximate surface area is 130 Å². The van der Waals surface area contributed by atoms with Gasteiger partial charge in [-0.15, -0.1) is 0 Å². The molecule has 1 aromatic carbocycles. The fourth-order valence-corrected chi connectivity index (χ4v) is 3.24. The third-order valence-corrected chi connectivity index (χ3v) is 4.90. The molecule has 1 N–H and O–H groups in total. The first-order chi connectivity index (χ1) is 10.4. The van der Waals surface area contributed by atoms with Gasteiger partial charge in [0.25, 0.3) is 0 Å². The summed E-state index contributed by atoms with van der Waals surface area (Å²) < 4.78 is 5.96. The summed E-state index contributed by atoms with van der Waals surface area (Å²) in [6.07, 6.45) is 1.70. The molecule has 2 atom stereocenters. The highest BCUT2D eigenvalue weighted by molar-refractivity contribution is 5.79. The van der Waals surface area contributed by atoms with Crippen molar-refractivity contribution in [3.05, 3.63) is 35.1 Å². The molecule has 2 aromatic rings. The normalized spacial score (nSPS) is 23.0. The minimum atomic E-state index is -0.687. The number of carboxylic acid groups (broad SMARTS) is 1. The number of nitrogens with zero attached hydrogens (tertiary/aromatic N) is 1. The molecule has 118 valence electrons. The van der Waals surface area contributed by atoms with E-state index in [4.69, 9.17) is 4.42 Å². The van der Waals surface area contributed by atoms with Crippen LogP contribution in [-0.4, -0.2) is 28.6 Å². The molecule has 1 aliphatic rings. The molecule has 0 bridgehead atoms. The van der Waals surface area contributed by atoms with Gasteiger partial charge in [0.1, 0.15) is 11.3 Å². The highest BCUT2D eigenvalue weighted by Crippen LogP contribution is 2.27. The topological polar surface area (TPSA) is 53.7 Å². The molecule has 0 radical (unpaired) electrons. The van der Waals surface area contributed by atoms with Crippen molar-refractivity contribution in [2.75, 3.05) is 6.54 Å². The second-order valence-electron chi connectivity index (χ2n) is 6.58. The molecule has 0 aliphatic carbocycles. The van der Waals surface area contributed by atoms with Crippen molar-refractivity contribution in [2.24, 2.45) is 5.92 Å². The average molecular weight is 301 g/mol. The monoisotopic (exact) mass is 301 g/mol. The second kappa shape index (κ2) is 5.76. The summed E-state index contributed by atoms with van der Waals surface area (Å²) in [6, 6.07) is 6.71. The third-order valence-electron chi connectivity index (χ3n) is 4.90. The van der Waals surface area contributed by atoms with Gasteiger partial charge in [-0.05, 0) is 62.9 Å².